The summed E-state index contributed by atoms with van der Waals surface area (Å²) in [7, 11) is -7.57. The third kappa shape index (κ3) is 4.49. The fourth-order valence-electron chi connectivity index (χ4n) is 2.40. The van der Waals surface area contributed by atoms with Gasteiger partial charge >= 0.3 is 0 Å². The van der Waals surface area contributed by atoms with Gasteiger partial charge in [0.2, 0.25) is 20.0 Å². The van der Waals surface area contributed by atoms with E-state index in [0.717, 1.165) is 0 Å². The van der Waals surface area contributed by atoms with Gasteiger partial charge in [0, 0.05) is 13.1 Å². The van der Waals surface area contributed by atoms with Crippen molar-refractivity contribution in [2.45, 2.75) is 19.6 Å². The molecule has 2 aromatic rings. The maximum Gasteiger partial charge on any atom is 0.240 e. The number of ether oxygens (including phenoxy) is 1. The molecule has 12 heteroatoms. The lowest BCUT2D eigenvalue weighted by atomic mass is 10.3. The van der Waals surface area contributed by atoms with Crippen LogP contribution in [0.5, 0.6) is 11.5 Å². The van der Waals surface area contributed by atoms with E-state index in [2.05, 4.69) is 9.44 Å². The van der Waals surface area contributed by atoms with Crippen molar-refractivity contribution < 1.29 is 31.8 Å². The van der Waals surface area contributed by atoms with Gasteiger partial charge in [-0.15, -0.1) is 0 Å². The Labute approximate surface area is 166 Å². The van der Waals surface area contributed by atoms with Crippen LogP contribution in [-0.2, 0) is 20.0 Å². The van der Waals surface area contributed by atoms with Crippen molar-refractivity contribution >= 4 is 31.8 Å². The lowest BCUT2D eigenvalue weighted by Crippen LogP contribution is -2.26. The molecule has 4 N–H and O–H groups in total. The molecule has 1 aliphatic rings. The van der Waals surface area contributed by atoms with Crippen LogP contribution in [0, 0.1) is 0 Å². The van der Waals surface area contributed by atoms with Crippen LogP contribution in [0.4, 0.5) is 0 Å². The number of aliphatic hydroxyl groups excluding tert-OH is 2. The smallest absolute Gasteiger partial charge is 0.240 e. The number of hydrogen-bond acceptors (Lipinski definition) is 8. The molecule has 1 heterocycles. The average molecular weight is 447 g/mol. The van der Waals surface area contributed by atoms with Crippen LogP contribution < -0.4 is 14.2 Å². The van der Waals surface area contributed by atoms with Crippen LogP contribution >= 0.6 is 11.8 Å². The molecule has 3 rings (SSSR count). The molecule has 0 aromatic heterocycles. The summed E-state index contributed by atoms with van der Waals surface area (Å²) >= 11 is 1.18. The van der Waals surface area contributed by atoms with E-state index >= 15 is 0 Å². The maximum atomic E-state index is 12.2. The maximum absolute atomic E-state index is 12.2. The minimum atomic E-state index is -3.78. The number of fused-ring (bicyclic) bond motifs is 2. The topological polar surface area (TPSA) is 142 Å². The van der Waals surface area contributed by atoms with Gasteiger partial charge in [-0.25, -0.2) is 26.3 Å². The largest absolute Gasteiger partial charge is 0.455 e. The predicted octanol–water partition coefficient (Wildman–Crippen LogP) is 0.485. The normalized spacial score (nSPS) is 13.5. The Morgan fingerprint density at radius 1 is 0.786 bits per heavy atom. The van der Waals surface area contributed by atoms with Gasteiger partial charge in [0.1, 0.15) is 11.5 Å². The van der Waals surface area contributed by atoms with E-state index in [4.69, 9.17) is 14.9 Å². The molecule has 28 heavy (non-hydrogen) atoms. The van der Waals surface area contributed by atoms with E-state index in [-0.39, 0.29) is 36.1 Å². The van der Waals surface area contributed by atoms with Crippen molar-refractivity contribution in [1.29, 1.82) is 0 Å². The molecule has 0 atom stereocenters. The number of rotatable bonds is 8. The van der Waals surface area contributed by atoms with Crippen molar-refractivity contribution in [3.8, 4) is 11.5 Å². The summed E-state index contributed by atoms with van der Waals surface area (Å²) in [6.07, 6.45) is 0. The molecule has 0 saturated heterocycles. The Kier molecular flexibility index (Phi) is 6.29. The molecule has 0 unspecified atom stereocenters. The van der Waals surface area contributed by atoms with Gasteiger partial charge in [0.05, 0.1) is 32.8 Å². The number of nitrogens with one attached hydrogen (secondary N) is 2. The van der Waals surface area contributed by atoms with E-state index < -0.39 is 20.0 Å². The zero-order valence-electron chi connectivity index (χ0n) is 14.5. The van der Waals surface area contributed by atoms with Gasteiger partial charge in [0.25, 0.3) is 0 Å². The first-order valence-electron chi connectivity index (χ1n) is 8.12. The Morgan fingerprint density at radius 2 is 1.21 bits per heavy atom. The van der Waals surface area contributed by atoms with Crippen molar-refractivity contribution in [1.82, 2.24) is 9.44 Å². The Morgan fingerprint density at radius 3 is 1.61 bits per heavy atom. The monoisotopic (exact) mass is 446 g/mol. The summed E-state index contributed by atoms with van der Waals surface area (Å²) in [6.45, 7) is -0.851. The predicted molar refractivity (Wildman–Crippen MR) is 102 cm³/mol. The standard InChI is InChI=1S/C16H18N2O7S3/c19-7-5-17-27(21,22)11-1-3-13-15(9-11)26-16-10-12(2-4-14(16)25-13)28(23,24)18-6-8-20/h1-4,9-10,17-20H,5-8H2. The lowest BCUT2D eigenvalue weighted by molar-refractivity contribution is 0.300. The second-order valence-corrected chi connectivity index (χ2v) is 10.3. The second-order valence-electron chi connectivity index (χ2n) is 5.66. The molecule has 152 valence electrons. The van der Waals surface area contributed by atoms with E-state index in [1.54, 1.807) is 0 Å². The van der Waals surface area contributed by atoms with Crippen LogP contribution in [-0.4, -0.2) is 53.4 Å². The zero-order chi connectivity index (χ0) is 20.4. The van der Waals surface area contributed by atoms with E-state index in [9.17, 15) is 16.8 Å². The fourth-order valence-corrected chi connectivity index (χ4v) is 5.68. The Balaban J connectivity index is 1.91. The molecule has 9 nitrogen and oxygen atoms in total. The Bertz CT molecular complexity index is 1000. The minimum absolute atomic E-state index is 0.00707. The first kappa shape index (κ1) is 21.0. The molecule has 2 aromatic carbocycles. The summed E-state index contributed by atoms with van der Waals surface area (Å²) < 4.78 is 59.2. The third-order valence-electron chi connectivity index (χ3n) is 3.70. The molecular weight excluding hydrogens is 428 g/mol. The fraction of sp³-hybridized carbons (Fsp3) is 0.250. The first-order chi connectivity index (χ1) is 13.3. The molecule has 0 aliphatic carbocycles. The lowest BCUT2D eigenvalue weighted by Gasteiger charge is -2.21. The molecule has 0 fully saturated rings. The molecule has 0 amide bonds. The van der Waals surface area contributed by atoms with Crippen LogP contribution in [0.3, 0.4) is 0 Å². The van der Waals surface area contributed by atoms with Crippen LogP contribution in [0.1, 0.15) is 0 Å². The molecule has 0 spiro atoms. The second kappa shape index (κ2) is 8.37. The van der Waals surface area contributed by atoms with Gasteiger partial charge in [-0.1, -0.05) is 11.8 Å². The molecule has 0 saturated carbocycles. The van der Waals surface area contributed by atoms with Crippen molar-refractivity contribution in [3.63, 3.8) is 0 Å². The highest BCUT2D eigenvalue weighted by Crippen LogP contribution is 2.48. The number of sulfonamides is 2. The molecule has 0 bridgehead atoms. The van der Waals surface area contributed by atoms with Crippen LogP contribution in [0.2, 0.25) is 0 Å². The summed E-state index contributed by atoms with van der Waals surface area (Å²) in [4.78, 5) is 1.04. The molecular formula is C16H18N2O7S3. The first-order valence-corrected chi connectivity index (χ1v) is 11.9. The van der Waals surface area contributed by atoms with Crippen molar-refractivity contribution in [2.24, 2.45) is 0 Å². The van der Waals surface area contributed by atoms with Crippen LogP contribution in [0.25, 0.3) is 0 Å². The molecule has 0 radical (unpaired) electrons. The number of aliphatic hydroxyl groups is 2. The van der Waals surface area contributed by atoms with Gasteiger partial charge in [-0.05, 0) is 36.4 Å². The van der Waals surface area contributed by atoms with E-state index in [1.165, 1.54) is 48.2 Å². The molecule has 1 aliphatic heterocycles. The van der Waals surface area contributed by atoms with Crippen LogP contribution in [0.15, 0.2) is 56.0 Å². The number of benzene rings is 2. The highest BCUT2D eigenvalue weighted by Gasteiger charge is 2.24. The summed E-state index contributed by atoms with van der Waals surface area (Å²) in [6, 6.07) is 8.67. The summed E-state index contributed by atoms with van der Waals surface area (Å²) in [5.74, 6) is 0.903. The van der Waals surface area contributed by atoms with Gasteiger partial charge in [-0.2, -0.15) is 0 Å². The van der Waals surface area contributed by atoms with Gasteiger partial charge in [0.15, 0.2) is 0 Å². The van der Waals surface area contributed by atoms with E-state index in [0.29, 0.717) is 21.3 Å². The summed E-state index contributed by atoms with van der Waals surface area (Å²) in [5, 5.41) is 17.6. The van der Waals surface area contributed by atoms with Gasteiger partial charge < -0.3 is 14.9 Å². The average Bonchev–Trinajstić information content (AvgIpc) is 2.68. The van der Waals surface area contributed by atoms with Gasteiger partial charge in [-0.3, -0.25) is 0 Å². The quantitative estimate of drug-likeness (QED) is 0.392. The summed E-state index contributed by atoms with van der Waals surface area (Å²) in [5.41, 5.74) is 0. The third-order valence-corrected chi connectivity index (χ3v) is 7.69. The highest BCUT2D eigenvalue weighted by molar-refractivity contribution is 7.99. The SMILES string of the molecule is O=S(=O)(NCCO)c1ccc2c(c1)Sc1cc(S(=O)(=O)NCCO)ccc1O2. The Hall–Kier alpha value is -1.67. The minimum Gasteiger partial charge on any atom is -0.455 e. The zero-order valence-corrected chi connectivity index (χ0v) is 16.9. The van der Waals surface area contributed by atoms with Crippen molar-refractivity contribution in [2.75, 3.05) is 26.3 Å². The number of hydrogen-bond donors (Lipinski definition) is 4. The van der Waals surface area contributed by atoms with E-state index in [1.807, 2.05) is 0 Å². The highest BCUT2D eigenvalue weighted by atomic mass is 32.2. The van der Waals surface area contributed by atoms with Crippen molar-refractivity contribution in [3.05, 3.63) is 36.4 Å².